The normalized spacial score (nSPS) is 11.7. The Hall–Kier alpha value is -1.14. The van der Waals surface area contributed by atoms with Gasteiger partial charge < -0.3 is 0 Å². The van der Waals surface area contributed by atoms with Gasteiger partial charge in [-0.3, -0.25) is 0 Å². The number of nitrogens with zero attached hydrogens (tertiary/aromatic N) is 2. The second-order valence-electron chi connectivity index (χ2n) is 4.20. The first-order valence-corrected chi connectivity index (χ1v) is 6.79. The van der Waals surface area contributed by atoms with Crippen LogP contribution in [0, 0.1) is 6.92 Å². The minimum Gasteiger partial charge on any atom is -0.237 e. The Morgan fingerprint density at radius 1 is 1.25 bits per heavy atom. The van der Waals surface area contributed by atoms with Gasteiger partial charge in [0.2, 0.25) is 0 Å². The third-order valence-electron chi connectivity index (χ3n) is 2.64. The van der Waals surface area contributed by atoms with E-state index in [2.05, 4.69) is 25.9 Å². The largest absolute Gasteiger partial charge is 0.416 e. The molecule has 2 aromatic rings. The fourth-order valence-corrected chi connectivity index (χ4v) is 2.11. The first-order chi connectivity index (χ1) is 9.27. The maximum Gasteiger partial charge on any atom is 0.416 e. The smallest absolute Gasteiger partial charge is 0.237 e. The summed E-state index contributed by atoms with van der Waals surface area (Å²) in [5.41, 5.74) is 0.444. The molecule has 2 nitrogen and oxygen atoms in total. The molecule has 0 atom stereocenters. The van der Waals surface area contributed by atoms with E-state index in [0.717, 1.165) is 12.1 Å². The van der Waals surface area contributed by atoms with Crippen LogP contribution in [0.25, 0.3) is 0 Å². The number of hydrogen-bond acceptors (Lipinski definition) is 2. The Morgan fingerprint density at radius 2 is 1.95 bits per heavy atom. The lowest BCUT2D eigenvalue weighted by Crippen LogP contribution is -2.06. The molecule has 0 unspecified atom stereocenters. The molecular weight excluding hydrogens is 357 g/mol. The minimum atomic E-state index is -4.36. The van der Waals surface area contributed by atoms with Crippen LogP contribution in [0.4, 0.5) is 13.2 Å². The van der Waals surface area contributed by atoms with E-state index in [4.69, 9.17) is 11.6 Å². The summed E-state index contributed by atoms with van der Waals surface area (Å²) < 4.78 is 38.5. The molecule has 0 saturated carbocycles. The molecular formula is C13H9BrClF3N2. The Bertz CT molecular complexity index is 621. The van der Waals surface area contributed by atoms with E-state index in [0.29, 0.717) is 21.6 Å². The molecule has 0 amide bonds. The van der Waals surface area contributed by atoms with Gasteiger partial charge in [-0.15, -0.1) is 0 Å². The van der Waals surface area contributed by atoms with E-state index in [1.54, 1.807) is 13.0 Å². The number of rotatable bonds is 2. The first kappa shape index (κ1) is 15.3. The molecule has 106 valence electrons. The molecule has 1 aromatic carbocycles. The van der Waals surface area contributed by atoms with Crippen molar-refractivity contribution in [3.8, 4) is 0 Å². The van der Waals surface area contributed by atoms with Crippen molar-refractivity contribution in [2.24, 2.45) is 0 Å². The van der Waals surface area contributed by atoms with Crippen molar-refractivity contribution in [2.45, 2.75) is 19.5 Å². The average molecular weight is 366 g/mol. The highest BCUT2D eigenvalue weighted by Gasteiger charge is 2.30. The highest BCUT2D eigenvalue weighted by molar-refractivity contribution is 9.10. The quantitative estimate of drug-likeness (QED) is 0.714. The van der Waals surface area contributed by atoms with Gasteiger partial charge >= 0.3 is 6.18 Å². The summed E-state index contributed by atoms with van der Waals surface area (Å²) >= 11 is 9.14. The molecule has 0 radical (unpaired) electrons. The first-order valence-electron chi connectivity index (χ1n) is 5.62. The van der Waals surface area contributed by atoms with Crippen LogP contribution in [0.15, 0.2) is 28.7 Å². The lowest BCUT2D eigenvalue weighted by atomic mass is 10.1. The molecule has 0 fully saturated rings. The van der Waals surface area contributed by atoms with Crippen LogP contribution < -0.4 is 0 Å². The van der Waals surface area contributed by atoms with Crippen molar-refractivity contribution in [2.75, 3.05) is 0 Å². The van der Waals surface area contributed by atoms with Gasteiger partial charge in [-0.2, -0.15) is 13.2 Å². The topological polar surface area (TPSA) is 25.8 Å². The number of benzene rings is 1. The van der Waals surface area contributed by atoms with Crippen molar-refractivity contribution in [3.63, 3.8) is 0 Å². The molecule has 0 spiro atoms. The van der Waals surface area contributed by atoms with E-state index in [9.17, 15) is 13.2 Å². The van der Waals surface area contributed by atoms with Crippen LogP contribution in [0.3, 0.4) is 0 Å². The molecule has 20 heavy (non-hydrogen) atoms. The Kier molecular flexibility index (Phi) is 4.34. The van der Waals surface area contributed by atoms with Crippen molar-refractivity contribution in [3.05, 3.63) is 56.5 Å². The van der Waals surface area contributed by atoms with E-state index in [1.165, 1.54) is 6.07 Å². The summed E-state index contributed by atoms with van der Waals surface area (Å²) in [5, 5.41) is 0.250. The Balaban J connectivity index is 2.31. The molecule has 1 aromatic heterocycles. The molecule has 0 saturated heterocycles. The fraction of sp³-hybridized carbons (Fsp3) is 0.231. The summed E-state index contributed by atoms with van der Waals surface area (Å²) in [7, 11) is 0. The predicted octanol–water partition coefficient (Wildman–Crippen LogP) is 4.81. The molecule has 0 aliphatic heterocycles. The van der Waals surface area contributed by atoms with Crippen LogP contribution in [0.2, 0.25) is 5.15 Å². The molecule has 0 bridgehead atoms. The summed E-state index contributed by atoms with van der Waals surface area (Å²) in [6, 6.07) is 5.09. The second-order valence-corrected chi connectivity index (χ2v) is 5.36. The monoisotopic (exact) mass is 364 g/mol. The minimum absolute atomic E-state index is 0.192. The van der Waals surface area contributed by atoms with Gasteiger partial charge in [-0.05, 0) is 34.5 Å². The van der Waals surface area contributed by atoms with E-state index < -0.39 is 11.7 Å². The second kappa shape index (κ2) is 5.69. The van der Waals surface area contributed by atoms with Gasteiger partial charge in [-0.1, -0.05) is 29.8 Å². The maximum atomic E-state index is 12.6. The van der Waals surface area contributed by atoms with Gasteiger partial charge in [0.1, 0.15) is 11.0 Å². The molecule has 1 heterocycles. The number of aromatic nitrogens is 2. The Morgan fingerprint density at radius 3 is 2.55 bits per heavy atom. The maximum absolute atomic E-state index is 12.6. The number of aryl methyl sites for hydroxylation is 1. The standard InChI is InChI=1S/C13H9BrClF3N2/c1-7-11(14)12(15)20-10(19-7)6-8-3-2-4-9(5-8)13(16,17)18/h2-5H,6H2,1H3. The zero-order chi connectivity index (χ0) is 14.9. The van der Waals surface area contributed by atoms with Gasteiger partial charge in [-0.25, -0.2) is 9.97 Å². The Labute approximate surface area is 127 Å². The van der Waals surface area contributed by atoms with E-state index >= 15 is 0 Å². The predicted molar refractivity (Wildman–Crippen MR) is 73.7 cm³/mol. The molecule has 2 rings (SSSR count). The molecule has 7 heteroatoms. The van der Waals surface area contributed by atoms with Gasteiger partial charge in [0, 0.05) is 6.42 Å². The van der Waals surface area contributed by atoms with E-state index in [1.807, 2.05) is 0 Å². The zero-order valence-electron chi connectivity index (χ0n) is 10.3. The van der Waals surface area contributed by atoms with Crippen LogP contribution in [0.1, 0.15) is 22.6 Å². The van der Waals surface area contributed by atoms with Gasteiger partial charge in [0.05, 0.1) is 15.7 Å². The summed E-state index contributed by atoms with van der Waals surface area (Å²) in [4.78, 5) is 8.24. The lowest BCUT2D eigenvalue weighted by molar-refractivity contribution is -0.137. The van der Waals surface area contributed by atoms with Crippen molar-refractivity contribution < 1.29 is 13.2 Å². The van der Waals surface area contributed by atoms with E-state index in [-0.39, 0.29) is 11.6 Å². The highest BCUT2D eigenvalue weighted by atomic mass is 79.9. The molecule has 0 aliphatic carbocycles. The van der Waals surface area contributed by atoms with Crippen LogP contribution in [-0.2, 0) is 12.6 Å². The number of hydrogen-bond donors (Lipinski definition) is 0. The summed E-state index contributed by atoms with van der Waals surface area (Å²) in [6.07, 6.45) is -4.16. The van der Waals surface area contributed by atoms with Crippen molar-refractivity contribution in [1.82, 2.24) is 9.97 Å². The van der Waals surface area contributed by atoms with Crippen LogP contribution >= 0.6 is 27.5 Å². The average Bonchev–Trinajstić information content (AvgIpc) is 2.35. The SMILES string of the molecule is Cc1nc(Cc2cccc(C(F)(F)F)c2)nc(Cl)c1Br. The zero-order valence-corrected chi connectivity index (χ0v) is 12.6. The molecule has 0 aliphatic rings. The van der Waals surface area contributed by atoms with Crippen LogP contribution in [-0.4, -0.2) is 9.97 Å². The summed E-state index contributed by atoms with van der Waals surface area (Å²) in [6.45, 7) is 1.74. The van der Waals surface area contributed by atoms with Gasteiger partial charge in [0.15, 0.2) is 0 Å². The fourth-order valence-electron chi connectivity index (χ4n) is 1.70. The number of alkyl halides is 3. The van der Waals surface area contributed by atoms with Crippen molar-refractivity contribution >= 4 is 27.5 Å². The third kappa shape index (κ3) is 3.49. The highest BCUT2D eigenvalue weighted by Crippen LogP contribution is 2.30. The lowest BCUT2D eigenvalue weighted by Gasteiger charge is -2.09. The molecule has 0 N–H and O–H groups in total. The van der Waals surface area contributed by atoms with Crippen molar-refractivity contribution in [1.29, 1.82) is 0 Å². The van der Waals surface area contributed by atoms with Gasteiger partial charge in [0.25, 0.3) is 0 Å². The van der Waals surface area contributed by atoms with Crippen LogP contribution in [0.5, 0.6) is 0 Å². The number of halogens is 5. The summed E-state index contributed by atoms with van der Waals surface area (Å²) in [5.74, 6) is 0.384. The third-order valence-corrected chi connectivity index (χ3v) is 4.09.